The van der Waals surface area contributed by atoms with Crippen molar-refractivity contribution in [2.45, 2.75) is 96.2 Å². The number of carbonyl (C=O) groups excluding carboxylic acids is 2. The van der Waals surface area contributed by atoms with Gasteiger partial charge in [0.15, 0.2) is 0 Å². The van der Waals surface area contributed by atoms with Gasteiger partial charge in [-0.05, 0) is 98.1 Å². The van der Waals surface area contributed by atoms with Gasteiger partial charge in [-0.1, -0.05) is 0 Å². The van der Waals surface area contributed by atoms with E-state index in [0.717, 1.165) is 77.6 Å². The first-order chi connectivity index (χ1) is 17.1. The zero-order valence-electron chi connectivity index (χ0n) is 23.2. The zero-order valence-corrected chi connectivity index (χ0v) is 23.2. The SMILES string of the molecule is CN(C)CCOC1CCC(NC2NCC(C3CCC(C(=O)NCC(=O)OC(C)(C)C)CC3)CN2)CC1. The van der Waals surface area contributed by atoms with E-state index in [4.69, 9.17) is 9.47 Å². The molecular weight excluding hydrogens is 458 g/mol. The minimum atomic E-state index is -0.531. The van der Waals surface area contributed by atoms with Gasteiger partial charge in [0.1, 0.15) is 18.4 Å². The summed E-state index contributed by atoms with van der Waals surface area (Å²) in [6.07, 6.45) is 9.09. The molecule has 9 nitrogen and oxygen atoms in total. The van der Waals surface area contributed by atoms with Gasteiger partial charge >= 0.3 is 5.97 Å². The van der Waals surface area contributed by atoms with Crippen LogP contribution in [-0.2, 0) is 19.1 Å². The Balaban J connectivity index is 1.27. The molecule has 0 bridgehead atoms. The van der Waals surface area contributed by atoms with Gasteiger partial charge in [0.2, 0.25) is 5.91 Å². The number of ether oxygens (including phenoxy) is 2. The first kappa shape index (κ1) is 29.3. The Morgan fingerprint density at radius 3 is 2.14 bits per heavy atom. The quantitative estimate of drug-likeness (QED) is 0.331. The maximum Gasteiger partial charge on any atom is 0.325 e. The normalized spacial score (nSPS) is 31.7. The molecule has 36 heavy (non-hydrogen) atoms. The Hall–Kier alpha value is -1.26. The highest BCUT2D eigenvalue weighted by Gasteiger charge is 2.33. The fraction of sp³-hybridized carbons (Fsp3) is 0.926. The standard InChI is InChI=1S/C27H51N5O4/c1-27(2,3)36-24(33)18-28-25(34)20-8-6-19(7-9-20)21-16-29-26(30-17-21)31-22-10-12-23(13-11-22)35-15-14-32(4)5/h19-23,26,29-31H,6-18H2,1-5H3,(H,28,34). The van der Waals surface area contributed by atoms with Crippen molar-refractivity contribution < 1.29 is 19.1 Å². The van der Waals surface area contributed by atoms with Crippen LogP contribution in [0.1, 0.15) is 72.1 Å². The molecule has 3 aliphatic rings. The molecule has 9 heteroatoms. The molecule has 208 valence electrons. The highest BCUT2D eigenvalue weighted by molar-refractivity contribution is 5.83. The van der Waals surface area contributed by atoms with Crippen LogP contribution in [0.2, 0.25) is 0 Å². The summed E-state index contributed by atoms with van der Waals surface area (Å²) in [5.74, 6) is 0.838. The smallest absolute Gasteiger partial charge is 0.325 e. The molecule has 2 saturated carbocycles. The van der Waals surface area contributed by atoms with Crippen LogP contribution in [0.4, 0.5) is 0 Å². The Labute approximate surface area is 218 Å². The molecule has 0 unspecified atom stereocenters. The molecule has 0 spiro atoms. The Morgan fingerprint density at radius 1 is 0.917 bits per heavy atom. The van der Waals surface area contributed by atoms with E-state index in [1.807, 2.05) is 20.8 Å². The van der Waals surface area contributed by atoms with Crippen LogP contribution in [0.25, 0.3) is 0 Å². The molecule has 3 fully saturated rings. The van der Waals surface area contributed by atoms with E-state index in [2.05, 4.69) is 40.3 Å². The van der Waals surface area contributed by atoms with Gasteiger partial charge in [-0.25, -0.2) is 0 Å². The molecule has 0 aromatic rings. The second-order valence-electron chi connectivity index (χ2n) is 12.2. The summed E-state index contributed by atoms with van der Waals surface area (Å²) in [6, 6.07) is 0.537. The Bertz CT molecular complexity index is 674. The third kappa shape index (κ3) is 10.2. The van der Waals surface area contributed by atoms with E-state index in [9.17, 15) is 9.59 Å². The van der Waals surface area contributed by atoms with Crippen LogP contribution < -0.4 is 21.3 Å². The molecule has 3 rings (SSSR count). The maximum absolute atomic E-state index is 12.5. The van der Waals surface area contributed by atoms with Crippen LogP contribution in [-0.4, -0.2) is 87.7 Å². The number of nitrogens with zero attached hydrogens (tertiary/aromatic N) is 1. The molecule has 1 saturated heterocycles. The van der Waals surface area contributed by atoms with E-state index >= 15 is 0 Å². The van der Waals surface area contributed by atoms with E-state index < -0.39 is 5.60 Å². The van der Waals surface area contributed by atoms with Crippen molar-refractivity contribution in [2.75, 3.05) is 46.9 Å². The number of carbonyl (C=O) groups is 2. The number of nitrogens with one attached hydrogen (secondary N) is 4. The molecule has 1 aliphatic heterocycles. The highest BCUT2D eigenvalue weighted by atomic mass is 16.6. The number of hydrogen-bond donors (Lipinski definition) is 4. The monoisotopic (exact) mass is 509 g/mol. The average Bonchev–Trinajstić information content (AvgIpc) is 2.83. The Kier molecular flexibility index (Phi) is 11.4. The van der Waals surface area contributed by atoms with Crippen LogP contribution in [0.5, 0.6) is 0 Å². The highest BCUT2D eigenvalue weighted by Crippen LogP contribution is 2.34. The summed E-state index contributed by atoms with van der Waals surface area (Å²) in [7, 11) is 4.17. The largest absolute Gasteiger partial charge is 0.459 e. The Morgan fingerprint density at radius 2 is 1.56 bits per heavy atom. The zero-order chi connectivity index (χ0) is 26.1. The van der Waals surface area contributed by atoms with E-state index in [-0.39, 0.29) is 30.6 Å². The molecular formula is C27H51N5O4. The lowest BCUT2D eigenvalue weighted by molar-refractivity contribution is -0.154. The summed E-state index contributed by atoms with van der Waals surface area (Å²) in [6.45, 7) is 9.26. The van der Waals surface area contributed by atoms with Crippen molar-refractivity contribution in [1.29, 1.82) is 0 Å². The van der Waals surface area contributed by atoms with Crippen molar-refractivity contribution in [2.24, 2.45) is 17.8 Å². The minimum Gasteiger partial charge on any atom is -0.459 e. The van der Waals surface area contributed by atoms with Gasteiger partial charge in [-0.2, -0.15) is 0 Å². The van der Waals surface area contributed by atoms with E-state index in [0.29, 0.717) is 24.0 Å². The first-order valence-electron chi connectivity index (χ1n) is 14.1. The van der Waals surface area contributed by atoms with E-state index in [1.165, 1.54) is 0 Å². The number of likely N-dealkylation sites (N-methyl/N-ethyl adjacent to an activating group) is 1. The second kappa shape index (κ2) is 14.0. The number of hydrogen-bond acceptors (Lipinski definition) is 8. The summed E-state index contributed by atoms with van der Waals surface area (Å²) < 4.78 is 11.3. The van der Waals surface area contributed by atoms with Crippen LogP contribution >= 0.6 is 0 Å². The lowest BCUT2D eigenvalue weighted by Crippen LogP contribution is -2.63. The van der Waals surface area contributed by atoms with Gasteiger partial charge in [-0.3, -0.25) is 25.5 Å². The molecule has 0 radical (unpaired) electrons. The van der Waals surface area contributed by atoms with Crippen molar-refractivity contribution in [1.82, 2.24) is 26.2 Å². The third-order valence-electron chi connectivity index (χ3n) is 7.77. The average molecular weight is 510 g/mol. The van der Waals surface area contributed by atoms with Crippen molar-refractivity contribution in [3.63, 3.8) is 0 Å². The van der Waals surface area contributed by atoms with Crippen LogP contribution in [0, 0.1) is 17.8 Å². The topological polar surface area (TPSA) is 104 Å². The molecule has 1 heterocycles. The molecule has 0 aromatic heterocycles. The summed E-state index contributed by atoms with van der Waals surface area (Å²) in [5, 5.41) is 13.9. The lowest BCUT2D eigenvalue weighted by atomic mass is 9.75. The van der Waals surface area contributed by atoms with Crippen molar-refractivity contribution >= 4 is 11.9 Å². The van der Waals surface area contributed by atoms with Gasteiger partial charge < -0.3 is 19.7 Å². The van der Waals surface area contributed by atoms with Crippen LogP contribution in [0.15, 0.2) is 0 Å². The van der Waals surface area contributed by atoms with Gasteiger partial charge in [-0.15, -0.1) is 0 Å². The minimum absolute atomic E-state index is 0.00426. The van der Waals surface area contributed by atoms with Crippen molar-refractivity contribution in [3.05, 3.63) is 0 Å². The fourth-order valence-corrected chi connectivity index (χ4v) is 5.70. The first-order valence-corrected chi connectivity index (χ1v) is 14.1. The summed E-state index contributed by atoms with van der Waals surface area (Å²) in [5.41, 5.74) is -0.531. The lowest BCUT2D eigenvalue weighted by Gasteiger charge is -2.40. The predicted octanol–water partition coefficient (Wildman–Crippen LogP) is 1.82. The molecule has 1 amide bonds. The summed E-state index contributed by atoms with van der Waals surface area (Å²) >= 11 is 0. The number of rotatable bonds is 10. The molecule has 4 N–H and O–H groups in total. The van der Waals surface area contributed by atoms with Crippen molar-refractivity contribution in [3.8, 4) is 0 Å². The molecule has 0 atom stereocenters. The number of esters is 1. The van der Waals surface area contributed by atoms with Gasteiger partial charge in [0.05, 0.1) is 12.7 Å². The third-order valence-corrected chi connectivity index (χ3v) is 7.77. The number of amides is 1. The van der Waals surface area contributed by atoms with Gasteiger partial charge in [0, 0.05) is 31.6 Å². The van der Waals surface area contributed by atoms with Crippen LogP contribution in [0.3, 0.4) is 0 Å². The second-order valence-corrected chi connectivity index (χ2v) is 12.2. The predicted molar refractivity (Wildman–Crippen MR) is 141 cm³/mol. The molecule has 0 aromatic carbocycles. The van der Waals surface area contributed by atoms with E-state index in [1.54, 1.807) is 0 Å². The maximum atomic E-state index is 12.5. The summed E-state index contributed by atoms with van der Waals surface area (Å²) in [4.78, 5) is 26.6. The molecule has 2 aliphatic carbocycles. The fourth-order valence-electron chi connectivity index (χ4n) is 5.70. The van der Waals surface area contributed by atoms with Gasteiger partial charge in [0.25, 0.3) is 0 Å².